The van der Waals surface area contributed by atoms with E-state index in [4.69, 9.17) is 11.6 Å². The lowest BCUT2D eigenvalue weighted by molar-refractivity contribution is 0.102. The number of aliphatic hydroxyl groups is 1. The van der Waals surface area contributed by atoms with Crippen molar-refractivity contribution in [3.63, 3.8) is 0 Å². The largest absolute Gasteiger partial charge is 0.390 e. The van der Waals surface area contributed by atoms with Crippen LogP contribution in [0.4, 0.5) is 11.4 Å². The molecule has 0 saturated heterocycles. The number of hydrogen-bond donors (Lipinski definition) is 3. The van der Waals surface area contributed by atoms with E-state index in [1.54, 1.807) is 24.3 Å². The summed E-state index contributed by atoms with van der Waals surface area (Å²) in [6.45, 7) is 2.32. The molecule has 5 heteroatoms. The maximum Gasteiger partial charge on any atom is 0.255 e. The maximum absolute atomic E-state index is 12.2. The molecule has 116 valence electrons. The van der Waals surface area contributed by atoms with E-state index in [2.05, 4.69) is 10.6 Å². The molecule has 1 unspecified atom stereocenters. The molecule has 0 bridgehead atoms. The predicted molar refractivity (Wildman–Crippen MR) is 90.8 cm³/mol. The second-order valence-corrected chi connectivity index (χ2v) is 5.34. The fraction of sp³-hybridized carbons (Fsp3) is 0.235. The summed E-state index contributed by atoms with van der Waals surface area (Å²) in [7, 11) is 0. The summed E-state index contributed by atoms with van der Waals surface area (Å²) >= 11 is 5.53. The summed E-state index contributed by atoms with van der Waals surface area (Å²) in [6.07, 6.45) is -0.592. The van der Waals surface area contributed by atoms with E-state index in [0.29, 0.717) is 12.1 Å². The van der Waals surface area contributed by atoms with E-state index in [1.165, 1.54) is 0 Å². The number of carbonyl (C=O) groups excluding carboxylic acids is 1. The number of para-hydroxylation sites is 1. The molecule has 2 aromatic rings. The molecule has 0 aromatic heterocycles. The number of rotatable bonds is 6. The van der Waals surface area contributed by atoms with Gasteiger partial charge in [-0.15, -0.1) is 11.6 Å². The van der Waals surface area contributed by atoms with E-state index < -0.39 is 6.10 Å². The molecule has 0 spiro atoms. The topological polar surface area (TPSA) is 61.4 Å². The molecule has 1 atom stereocenters. The van der Waals surface area contributed by atoms with E-state index in [0.717, 1.165) is 16.9 Å². The molecule has 0 aliphatic carbocycles. The van der Waals surface area contributed by atoms with E-state index in [1.807, 2.05) is 31.2 Å². The number of nitrogens with one attached hydrogen (secondary N) is 2. The zero-order chi connectivity index (χ0) is 15.9. The number of carbonyl (C=O) groups is 1. The van der Waals surface area contributed by atoms with Gasteiger partial charge in [0, 0.05) is 23.5 Å². The summed E-state index contributed by atoms with van der Waals surface area (Å²) in [5.41, 5.74) is 3.23. The van der Waals surface area contributed by atoms with Crippen molar-refractivity contribution in [2.24, 2.45) is 0 Å². The highest BCUT2D eigenvalue weighted by molar-refractivity contribution is 6.18. The van der Waals surface area contributed by atoms with Crippen molar-refractivity contribution in [2.75, 3.05) is 23.1 Å². The number of hydrogen-bond acceptors (Lipinski definition) is 3. The third-order valence-corrected chi connectivity index (χ3v) is 3.62. The molecule has 3 N–H and O–H groups in total. The molecule has 2 aromatic carbocycles. The number of benzene rings is 2. The van der Waals surface area contributed by atoms with Crippen LogP contribution in [-0.4, -0.2) is 29.5 Å². The van der Waals surface area contributed by atoms with Crippen LogP contribution in [0.25, 0.3) is 0 Å². The normalized spacial score (nSPS) is 11.8. The lowest BCUT2D eigenvalue weighted by Gasteiger charge is -2.11. The summed E-state index contributed by atoms with van der Waals surface area (Å²) in [4.78, 5) is 12.2. The minimum atomic E-state index is -0.592. The Morgan fingerprint density at radius 1 is 1.18 bits per heavy atom. The molecule has 0 radical (unpaired) electrons. The molecule has 0 aliphatic rings. The highest BCUT2D eigenvalue weighted by Crippen LogP contribution is 2.16. The van der Waals surface area contributed by atoms with Gasteiger partial charge in [0.1, 0.15) is 0 Å². The molecule has 0 heterocycles. The number of halogens is 1. The fourth-order valence-corrected chi connectivity index (χ4v) is 2.05. The number of alkyl halides is 1. The summed E-state index contributed by atoms with van der Waals surface area (Å²) in [5.74, 6) is 0.0332. The fourth-order valence-electron chi connectivity index (χ4n) is 1.94. The van der Waals surface area contributed by atoms with Crippen LogP contribution in [0, 0.1) is 6.92 Å². The first kappa shape index (κ1) is 16.3. The quantitative estimate of drug-likeness (QED) is 0.716. The molecule has 0 saturated carbocycles. The zero-order valence-electron chi connectivity index (χ0n) is 12.3. The van der Waals surface area contributed by atoms with Crippen molar-refractivity contribution < 1.29 is 9.90 Å². The van der Waals surface area contributed by atoms with E-state index in [9.17, 15) is 9.90 Å². The highest BCUT2D eigenvalue weighted by Gasteiger charge is 2.07. The average Bonchev–Trinajstić information content (AvgIpc) is 2.55. The minimum Gasteiger partial charge on any atom is -0.390 e. The Bertz CT molecular complexity index is 629. The van der Waals surface area contributed by atoms with Gasteiger partial charge in [-0.3, -0.25) is 4.79 Å². The molecule has 0 aliphatic heterocycles. The molecule has 4 nitrogen and oxygen atoms in total. The minimum absolute atomic E-state index is 0.151. The smallest absolute Gasteiger partial charge is 0.255 e. The first-order valence-electron chi connectivity index (χ1n) is 7.05. The van der Waals surface area contributed by atoms with Gasteiger partial charge >= 0.3 is 0 Å². The van der Waals surface area contributed by atoms with Crippen LogP contribution in [0.3, 0.4) is 0 Å². The van der Waals surface area contributed by atoms with Crippen LogP contribution in [0.5, 0.6) is 0 Å². The number of aliphatic hydroxyl groups excluding tert-OH is 1. The third-order valence-electron chi connectivity index (χ3n) is 3.26. The van der Waals surface area contributed by atoms with Crippen LogP contribution in [0.15, 0.2) is 48.5 Å². The monoisotopic (exact) mass is 318 g/mol. The number of amides is 1. The van der Waals surface area contributed by atoms with Crippen LogP contribution in [0.2, 0.25) is 0 Å². The second-order valence-electron chi connectivity index (χ2n) is 5.04. The molecule has 0 fully saturated rings. The Hall–Kier alpha value is -2.04. The summed E-state index contributed by atoms with van der Waals surface area (Å²) in [6, 6.07) is 14.7. The van der Waals surface area contributed by atoms with Crippen molar-refractivity contribution in [3.8, 4) is 0 Å². The Kier molecular flexibility index (Phi) is 5.81. The van der Waals surface area contributed by atoms with Gasteiger partial charge in [0.25, 0.3) is 5.91 Å². The zero-order valence-corrected chi connectivity index (χ0v) is 13.1. The van der Waals surface area contributed by atoms with Crippen LogP contribution in [-0.2, 0) is 0 Å². The molecule has 1 amide bonds. The van der Waals surface area contributed by atoms with Gasteiger partial charge in [-0.1, -0.05) is 18.2 Å². The standard InChI is InChI=1S/C17H19ClN2O2/c1-12-4-2-3-5-16(12)20-17(22)13-6-8-14(9-7-13)19-11-15(21)10-18/h2-9,15,19,21H,10-11H2,1H3,(H,20,22). The SMILES string of the molecule is Cc1ccccc1NC(=O)c1ccc(NCC(O)CCl)cc1. The van der Waals surface area contributed by atoms with Crippen molar-refractivity contribution in [1.82, 2.24) is 0 Å². The Morgan fingerprint density at radius 3 is 2.50 bits per heavy atom. The van der Waals surface area contributed by atoms with Crippen molar-refractivity contribution in [3.05, 3.63) is 59.7 Å². The summed E-state index contributed by atoms with van der Waals surface area (Å²) in [5, 5.41) is 15.3. The van der Waals surface area contributed by atoms with Crippen LogP contribution in [0.1, 0.15) is 15.9 Å². The molecule has 22 heavy (non-hydrogen) atoms. The molecule has 2 rings (SSSR count). The number of anilines is 2. The predicted octanol–water partition coefficient (Wildman–Crippen LogP) is 3.26. The first-order valence-corrected chi connectivity index (χ1v) is 7.58. The Morgan fingerprint density at radius 2 is 1.86 bits per heavy atom. The Balaban J connectivity index is 1.98. The Labute approximate surface area is 135 Å². The first-order chi connectivity index (χ1) is 10.6. The molecular formula is C17H19ClN2O2. The van der Waals surface area contributed by atoms with Crippen LogP contribution >= 0.6 is 11.6 Å². The van der Waals surface area contributed by atoms with Gasteiger partial charge < -0.3 is 15.7 Å². The number of aryl methyl sites for hydroxylation is 1. The van der Waals surface area contributed by atoms with Gasteiger partial charge in [-0.25, -0.2) is 0 Å². The van der Waals surface area contributed by atoms with Gasteiger partial charge in [0.2, 0.25) is 0 Å². The lowest BCUT2D eigenvalue weighted by Crippen LogP contribution is -2.20. The lowest BCUT2D eigenvalue weighted by atomic mass is 10.1. The van der Waals surface area contributed by atoms with Gasteiger partial charge in [0.15, 0.2) is 0 Å². The molecular weight excluding hydrogens is 300 g/mol. The van der Waals surface area contributed by atoms with Gasteiger partial charge in [-0.2, -0.15) is 0 Å². The summed E-state index contributed by atoms with van der Waals surface area (Å²) < 4.78 is 0. The van der Waals surface area contributed by atoms with E-state index >= 15 is 0 Å². The maximum atomic E-state index is 12.2. The van der Waals surface area contributed by atoms with Crippen LogP contribution < -0.4 is 10.6 Å². The van der Waals surface area contributed by atoms with Crippen molar-refractivity contribution >= 4 is 28.9 Å². The van der Waals surface area contributed by atoms with E-state index in [-0.39, 0.29) is 11.8 Å². The van der Waals surface area contributed by atoms with Gasteiger partial charge in [-0.05, 0) is 42.8 Å². The van der Waals surface area contributed by atoms with Gasteiger partial charge in [0.05, 0.1) is 12.0 Å². The van der Waals surface area contributed by atoms with Crippen molar-refractivity contribution in [1.29, 1.82) is 0 Å². The van der Waals surface area contributed by atoms with Crippen molar-refractivity contribution in [2.45, 2.75) is 13.0 Å². The third kappa shape index (κ3) is 4.48. The average molecular weight is 319 g/mol. The second kappa shape index (κ2) is 7.82. The highest BCUT2D eigenvalue weighted by atomic mass is 35.5.